The van der Waals surface area contributed by atoms with Gasteiger partial charge in [0.25, 0.3) is 0 Å². The molecule has 0 aliphatic carbocycles. The summed E-state index contributed by atoms with van der Waals surface area (Å²) in [7, 11) is 3.36. The van der Waals surface area contributed by atoms with Crippen molar-refractivity contribution >= 4 is 0 Å². The van der Waals surface area contributed by atoms with Crippen LogP contribution in [0.4, 0.5) is 0 Å². The molecule has 4 heteroatoms. The van der Waals surface area contributed by atoms with E-state index >= 15 is 0 Å². The van der Waals surface area contributed by atoms with E-state index in [2.05, 4.69) is 19.2 Å². The quantitative estimate of drug-likeness (QED) is 0.753. The number of hydrogen-bond donors (Lipinski definition) is 2. The van der Waals surface area contributed by atoms with Gasteiger partial charge in [0.2, 0.25) is 0 Å². The summed E-state index contributed by atoms with van der Waals surface area (Å²) in [6.07, 6.45) is 0.892. The van der Waals surface area contributed by atoms with Crippen LogP contribution in [0.25, 0.3) is 0 Å². The minimum Gasteiger partial charge on any atom is -0.497 e. The Hall–Kier alpha value is -1.26. The minimum absolute atomic E-state index is 0.358. The highest BCUT2D eigenvalue weighted by atomic mass is 16.5. The van der Waals surface area contributed by atoms with Gasteiger partial charge in [-0.3, -0.25) is 0 Å². The van der Waals surface area contributed by atoms with Crippen molar-refractivity contribution in [1.29, 1.82) is 0 Å². The first-order valence-corrected chi connectivity index (χ1v) is 6.76. The summed E-state index contributed by atoms with van der Waals surface area (Å²) >= 11 is 0. The normalized spacial score (nSPS) is 12.5. The topological polar surface area (TPSA) is 56.5 Å². The molecule has 1 unspecified atom stereocenters. The van der Waals surface area contributed by atoms with Crippen LogP contribution in [0.3, 0.4) is 0 Å². The third-order valence-corrected chi connectivity index (χ3v) is 3.35. The van der Waals surface area contributed by atoms with Crippen molar-refractivity contribution in [2.75, 3.05) is 27.3 Å². The number of hydrogen-bond acceptors (Lipinski definition) is 4. The van der Waals surface area contributed by atoms with Crippen LogP contribution in [-0.2, 0) is 6.42 Å². The maximum absolute atomic E-state index is 5.75. The lowest BCUT2D eigenvalue weighted by atomic mass is 10.0. The molecule has 0 aromatic heterocycles. The summed E-state index contributed by atoms with van der Waals surface area (Å²) in [5.41, 5.74) is 6.89. The van der Waals surface area contributed by atoms with Gasteiger partial charge in [0.15, 0.2) is 0 Å². The first kappa shape index (κ1) is 15.8. The summed E-state index contributed by atoms with van der Waals surface area (Å²) in [5.74, 6) is 2.30. The second kappa shape index (κ2) is 8.02. The highest BCUT2D eigenvalue weighted by molar-refractivity contribution is 5.40. The SMILES string of the molecule is COc1ccc(OC)c(CCNC(CN)C(C)C)c1. The molecule has 0 heterocycles. The molecule has 1 aromatic rings. The van der Waals surface area contributed by atoms with Crippen molar-refractivity contribution in [2.24, 2.45) is 11.7 Å². The number of methoxy groups -OCH3 is 2. The van der Waals surface area contributed by atoms with E-state index in [9.17, 15) is 0 Å². The fraction of sp³-hybridized carbons (Fsp3) is 0.600. The summed E-state index contributed by atoms with van der Waals surface area (Å²) in [6.45, 7) is 5.89. The molecule has 0 saturated carbocycles. The van der Waals surface area contributed by atoms with Crippen molar-refractivity contribution in [3.05, 3.63) is 23.8 Å². The van der Waals surface area contributed by atoms with Gasteiger partial charge in [0.05, 0.1) is 14.2 Å². The van der Waals surface area contributed by atoms with Gasteiger partial charge < -0.3 is 20.5 Å². The van der Waals surface area contributed by atoms with E-state index in [1.807, 2.05) is 18.2 Å². The highest BCUT2D eigenvalue weighted by Gasteiger charge is 2.11. The maximum Gasteiger partial charge on any atom is 0.122 e. The molecule has 19 heavy (non-hydrogen) atoms. The largest absolute Gasteiger partial charge is 0.497 e. The van der Waals surface area contributed by atoms with Crippen LogP contribution in [0.15, 0.2) is 18.2 Å². The van der Waals surface area contributed by atoms with Gasteiger partial charge in [0, 0.05) is 12.6 Å². The predicted molar refractivity (Wildman–Crippen MR) is 78.9 cm³/mol. The van der Waals surface area contributed by atoms with Crippen LogP contribution in [-0.4, -0.2) is 33.4 Å². The lowest BCUT2D eigenvalue weighted by Crippen LogP contribution is -2.41. The summed E-state index contributed by atoms with van der Waals surface area (Å²) in [6, 6.07) is 6.23. The van der Waals surface area contributed by atoms with E-state index in [0.717, 1.165) is 30.0 Å². The van der Waals surface area contributed by atoms with Gasteiger partial charge in [-0.2, -0.15) is 0 Å². The van der Waals surface area contributed by atoms with Crippen LogP contribution < -0.4 is 20.5 Å². The highest BCUT2D eigenvalue weighted by Crippen LogP contribution is 2.24. The number of benzene rings is 1. The molecule has 0 spiro atoms. The Balaban J connectivity index is 2.60. The Bertz CT molecular complexity index is 380. The third-order valence-electron chi connectivity index (χ3n) is 3.35. The first-order chi connectivity index (χ1) is 9.12. The second-order valence-corrected chi connectivity index (χ2v) is 4.97. The van der Waals surface area contributed by atoms with Crippen molar-refractivity contribution in [3.8, 4) is 11.5 Å². The Morgan fingerprint density at radius 1 is 1.21 bits per heavy atom. The minimum atomic E-state index is 0.358. The van der Waals surface area contributed by atoms with Gasteiger partial charge >= 0.3 is 0 Å². The molecule has 4 nitrogen and oxygen atoms in total. The number of nitrogens with two attached hydrogens (primary N) is 1. The maximum atomic E-state index is 5.75. The molecule has 0 aliphatic rings. The molecule has 1 atom stereocenters. The average molecular weight is 266 g/mol. The zero-order chi connectivity index (χ0) is 14.3. The number of nitrogens with one attached hydrogen (secondary N) is 1. The Morgan fingerprint density at radius 3 is 2.47 bits per heavy atom. The second-order valence-electron chi connectivity index (χ2n) is 4.97. The molecule has 0 amide bonds. The van der Waals surface area contributed by atoms with Crippen molar-refractivity contribution in [1.82, 2.24) is 5.32 Å². The molecular weight excluding hydrogens is 240 g/mol. The zero-order valence-corrected chi connectivity index (χ0v) is 12.4. The smallest absolute Gasteiger partial charge is 0.122 e. The van der Waals surface area contributed by atoms with Crippen LogP contribution in [0.5, 0.6) is 11.5 Å². The molecule has 1 aromatic carbocycles. The van der Waals surface area contributed by atoms with E-state index < -0.39 is 0 Å². The number of rotatable bonds is 8. The van der Waals surface area contributed by atoms with Crippen molar-refractivity contribution in [3.63, 3.8) is 0 Å². The molecule has 0 saturated heterocycles. The first-order valence-electron chi connectivity index (χ1n) is 6.76. The third kappa shape index (κ3) is 4.73. The van der Waals surface area contributed by atoms with E-state index in [1.165, 1.54) is 0 Å². The van der Waals surface area contributed by atoms with E-state index in [1.54, 1.807) is 14.2 Å². The van der Waals surface area contributed by atoms with Crippen LogP contribution in [0.2, 0.25) is 0 Å². The van der Waals surface area contributed by atoms with Crippen LogP contribution in [0, 0.1) is 5.92 Å². The average Bonchev–Trinajstić information content (AvgIpc) is 2.42. The Labute approximate surface area is 116 Å². The fourth-order valence-corrected chi connectivity index (χ4v) is 2.06. The lowest BCUT2D eigenvalue weighted by Gasteiger charge is -2.21. The predicted octanol–water partition coefficient (Wildman–Crippen LogP) is 1.82. The molecule has 108 valence electrons. The Morgan fingerprint density at radius 2 is 1.95 bits per heavy atom. The molecular formula is C15H26N2O2. The van der Waals surface area contributed by atoms with Gasteiger partial charge in [0.1, 0.15) is 11.5 Å². The van der Waals surface area contributed by atoms with Gasteiger partial charge in [-0.1, -0.05) is 13.8 Å². The Kier molecular flexibility index (Phi) is 6.67. The van der Waals surface area contributed by atoms with E-state index in [-0.39, 0.29) is 0 Å². The van der Waals surface area contributed by atoms with E-state index in [0.29, 0.717) is 18.5 Å². The molecule has 0 fully saturated rings. The molecule has 3 N–H and O–H groups in total. The monoisotopic (exact) mass is 266 g/mol. The van der Waals surface area contributed by atoms with Gasteiger partial charge in [-0.05, 0) is 42.6 Å². The molecule has 0 radical (unpaired) electrons. The summed E-state index contributed by atoms with van der Waals surface area (Å²) in [4.78, 5) is 0. The molecule has 0 bridgehead atoms. The van der Waals surface area contributed by atoms with Crippen molar-refractivity contribution < 1.29 is 9.47 Å². The van der Waals surface area contributed by atoms with Crippen LogP contribution >= 0.6 is 0 Å². The molecule has 1 rings (SSSR count). The summed E-state index contributed by atoms with van der Waals surface area (Å²) < 4.78 is 10.6. The zero-order valence-electron chi connectivity index (χ0n) is 12.4. The van der Waals surface area contributed by atoms with Gasteiger partial charge in [-0.25, -0.2) is 0 Å². The fourth-order valence-electron chi connectivity index (χ4n) is 2.06. The summed E-state index contributed by atoms with van der Waals surface area (Å²) in [5, 5.41) is 3.48. The standard InChI is InChI=1S/C15H26N2O2/c1-11(2)14(10-16)17-8-7-12-9-13(18-3)5-6-15(12)19-4/h5-6,9,11,14,17H,7-8,10,16H2,1-4H3. The number of ether oxygens (including phenoxy) is 2. The van der Waals surface area contributed by atoms with E-state index in [4.69, 9.17) is 15.2 Å². The molecule has 0 aliphatic heterocycles. The van der Waals surface area contributed by atoms with Crippen LogP contribution in [0.1, 0.15) is 19.4 Å². The van der Waals surface area contributed by atoms with Crippen molar-refractivity contribution in [2.45, 2.75) is 26.3 Å². The van der Waals surface area contributed by atoms with Gasteiger partial charge in [-0.15, -0.1) is 0 Å². The lowest BCUT2D eigenvalue weighted by molar-refractivity contribution is 0.391.